The van der Waals surface area contributed by atoms with Gasteiger partial charge in [0.15, 0.2) is 17.5 Å². The van der Waals surface area contributed by atoms with Crippen LogP contribution in [0.5, 0.6) is 17.5 Å². The first-order chi connectivity index (χ1) is 35.1. The lowest BCUT2D eigenvalue weighted by atomic mass is 9.84. The van der Waals surface area contributed by atoms with Gasteiger partial charge < -0.3 is 14.2 Å². The van der Waals surface area contributed by atoms with Crippen LogP contribution in [-0.2, 0) is 22.4 Å². The molecule has 2 aliphatic carbocycles. The normalized spacial score (nSPS) is 14.8. The number of methoxy groups -OCH3 is 1. The van der Waals surface area contributed by atoms with Crippen LogP contribution in [0.15, 0.2) is 89.7 Å². The van der Waals surface area contributed by atoms with E-state index in [1.807, 2.05) is 24.3 Å². The van der Waals surface area contributed by atoms with Gasteiger partial charge >= 0.3 is 24.1 Å². The van der Waals surface area contributed by atoms with Gasteiger partial charge in [0.05, 0.1) is 30.4 Å². The molecule has 398 valence electrons. The average Bonchev–Trinajstić information content (AvgIpc) is 4.31. The molecule has 0 unspecified atom stereocenters. The zero-order valence-electron chi connectivity index (χ0n) is 42.4. The van der Waals surface area contributed by atoms with Gasteiger partial charge in [0, 0.05) is 45.9 Å². The first kappa shape index (κ1) is 56.3. The molecule has 12 nitrogen and oxygen atoms in total. The molecule has 4 aromatic carbocycles. The number of aromatic nitrogens is 6. The van der Waals surface area contributed by atoms with Crippen LogP contribution in [0.1, 0.15) is 91.2 Å². The predicted octanol–water partition coefficient (Wildman–Crippen LogP) is 13.6. The van der Waals surface area contributed by atoms with Crippen molar-refractivity contribution in [3.8, 4) is 63.1 Å². The van der Waals surface area contributed by atoms with Gasteiger partial charge in [0.25, 0.3) is 0 Å². The predicted molar refractivity (Wildman–Crippen MR) is 273 cm³/mol. The fraction of sp³-hybridized carbons (Fsp3) is 0.418. The van der Waals surface area contributed by atoms with Gasteiger partial charge in [-0.05, 0) is 150 Å². The van der Waals surface area contributed by atoms with Crippen LogP contribution < -0.4 is 19.9 Å². The molecule has 2 saturated carbocycles. The van der Waals surface area contributed by atoms with Crippen molar-refractivity contribution in [3.05, 3.63) is 117 Å². The molecule has 0 spiro atoms. The van der Waals surface area contributed by atoms with E-state index in [1.54, 1.807) is 60.7 Å². The van der Waals surface area contributed by atoms with Crippen molar-refractivity contribution in [2.24, 2.45) is 21.7 Å². The minimum atomic E-state index is -4.63. The van der Waals surface area contributed by atoms with E-state index in [0.717, 1.165) is 46.3 Å². The smallest absolute Gasteiger partial charge is 0.400 e. The Balaban J connectivity index is 0.000000219. The Labute approximate surface area is 440 Å². The van der Waals surface area contributed by atoms with Crippen LogP contribution in [0.4, 0.5) is 26.3 Å². The molecule has 0 aliphatic heterocycles. The number of ketones is 2. The summed E-state index contributed by atoms with van der Waals surface area (Å²) in [5.41, 5.74) is -1.63. The van der Waals surface area contributed by atoms with Crippen molar-refractivity contribution in [2.75, 3.05) is 20.3 Å². The molecule has 0 atom stereocenters. The second-order valence-corrected chi connectivity index (χ2v) is 21.6. The molecule has 2 aromatic heterocycles. The zero-order chi connectivity index (χ0) is 54.7. The average molecular weight is 1080 g/mol. The number of halogens is 8. The maximum atomic E-state index is 13.2. The van der Waals surface area contributed by atoms with Crippen LogP contribution in [0.25, 0.3) is 45.6 Å². The summed E-state index contributed by atoms with van der Waals surface area (Å²) in [5, 5.41) is 0.621. The summed E-state index contributed by atoms with van der Waals surface area (Å²) in [6.45, 7) is 9.23. The molecule has 0 bridgehead atoms. The summed E-state index contributed by atoms with van der Waals surface area (Å²) in [6, 6.07) is 24.3. The third-order valence-corrected chi connectivity index (χ3v) is 14.4. The van der Waals surface area contributed by atoms with E-state index in [9.17, 15) is 40.7 Å². The first-order valence-corrected chi connectivity index (χ1v) is 24.9. The molecule has 6 aromatic rings. The number of hydrogen-bond donors (Lipinski definition) is 1. The molecular weight excluding hydrogens is 1030 g/mol. The second-order valence-electron chi connectivity index (χ2n) is 20.8. The highest BCUT2D eigenvalue weighted by molar-refractivity contribution is 6.33. The van der Waals surface area contributed by atoms with E-state index in [1.165, 1.54) is 20.0 Å². The van der Waals surface area contributed by atoms with Crippen molar-refractivity contribution in [3.63, 3.8) is 0 Å². The van der Waals surface area contributed by atoms with Gasteiger partial charge in [0.1, 0.15) is 39.7 Å². The highest BCUT2D eigenvalue weighted by Gasteiger charge is 2.53. The number of carbonyl (C=O) groups is 2. The molecule has 2 fully saturated rings. The fourth-order valence-electron chi connectivity index (χ4n) is 7.23. The van der Waals surface area contributed by atoms with Crippen LogP contribution >= 0.6 is 23.2 Å². The van der Waals surface area contributed by atoms with E-state index in [0.29, 0.717) is 63.2 Å². The van der Waals surface area contributed by atoms with Gasteiger partial charge in [0.2, 0.25) is 0 Å². The fourth-order valence-corrected chi connectivity index (χ4v) is 7.64. The van der Waals surface area contributed by atoms with Gasteiger partial charge in [-0.1, -0.05) is 49.2 Å². The monoisotopic (exact) mass is 1080 g/mol. The van der Waals surface area contributed by atoms with E-state index < -0.39 is 40.4 Å². The van der Waals surface area contributed by atoms with Crippen molar-refractivity contribution in [1.29, 1.82) is 0 Å². The Morgan fingerprint density at radius 1 is 0.587 bits per heavy atom. The molecule has 2 aliphatic rings. The molecule has 0 radical (unpaired) electrons. The minimum Gasteiger partial charge on any atom is -0.493 e. The lowest BCUT2D eigenvalue weighted by Gasteiger charge is -2.26. The van der Waals surface area contributed by atoms with Crippen LogP contribution in [0, 0.1) is 21.7 Å². The highest BCUT2D eigenvalue weighted by Crippen LogP contribution is 2.46. The van der Waals surface area contributed by atoms with Gasteiger partial charge in [-0.15, -0.1) is 0 Å². The summed E-state index contributed by atoms with van der Waals surface area (Å²) in [6.07, 6.45) is -4.99. The number of carbonyl (C=O) groups excluding carboxylic acids is 2. The maximum Gasteiger partial charge on any atom is 0.400 e. The van der Waals surface area contributed by atoms with E-state index >= 15 is 0 Å². The standard InChI is InChI=1S/C28H29ClF3N3O3.C27H27ClF3N3O3/c1-26(2,28(30,31)32)22(36)12-6-17-5-11-21(29)20(15-17)24-33-23(34-25(35-24)37-4)18-7-9-19(10-8-18)38-16-27(3)13-14-27;1-25(2,27(29,30)31)21(35)11-5-16-4-10-20(28)19(14-16)23-32-22(33-24(36)34-23)17-6-8-18(9-7-17)37-15-26(3)12-13-26/h5,7-11,15H,6,12-14,16H2,1-4H3;4,6-10,14H,5,11-13,15H2,1-3H3,(H,32,33,34,36). The number of H-pyrrole nitrogens is 1. The van der Waals surface area contributed by atoms with Crippen molar-refractivity contribution >= 4 is 34.8 Å². The SMILES string of the molecule is CC1(COc2ccc(-c3nc(-c4cc(CCC(=O)C(C)(C)C(F)(F)F)ccc4Cl)[nH]c(=O)n3)cc2)CC1.COc1nc(-c2ccc(OCC3(C)CC3)cc2)nc(-c2cc(CCC(=O)C(C)(C)C(F)(F)F)ccc2Cl)n1. The topological polar surface area (TPSA) is 159 Å². The molecule has 1 N–H and O–H groups in total. The summed E-state index contributed by atoms with van der Waals surface area (Å²) in [7, 11) is 1.43. The Morgan fingerprint density at radius 3 is 1.43 bits per heavy atom. The first-order valence-electron chi connectivity index (χ1n) is 24.1. The zero-order valence-corrected chi connectivity index (χ0v) is 43.9. The maximum absolute atomic E-state index is 13.2. The van der Waals surface area contributed by atoms with Crippen molar-refractivity contribution in [1.82, 2.24) is 29.9 Å². The van der Waals surface area contributed by atoms with Crippen molar-refractivity contribution < 1.29 is 50.1 Å². The Bertz CT molecular complexity index is 3100. The molecule has 75 heavy (non-hydrogen) atoms. The van der Waals surface area contributed by atoms with Crippen LogP contribution in [-0.4, -0.2) is 74.1 Å². The van der Waals surface area contributed by atoms with E-state index in [4.69, 9.17) is 37.4 Å². The summed E-state index contributed by atoms with van der Waals surface area (Å²) < 4.78 is 96.2. The third kappa shape index (κ3) is 14.1. The van der Waals surface area contributed by atoms with Gasteiger partial charge in [-0.2, -0.15) is 41.3 Å². The number of hydrogen-bond acceptors (Lipinski definition) is 11. The van der Waals surface area contributed by atoms with Crippen LogP contribution in [0.3, 0.4) is 0 Å². The molecule has 8 rings (SSSR count). The highest BCUT2D eigenvalue weighted by atomic mass is 35.5. The minimum absolute atomic E-state index is 0.0746. The summed E-state index contributed by atoms with van der Waals surface area (Å²) >= 11 is 12.8. The molecule has 20 heteroatoms. The summed E-state index contributed by atoms with van der Waals surface area (Å²) in [5.74, 6) is 0.604. The third-order valence-electron chi connectivity index (χ3n) is 13.7. The van der Waals surface area contributed by atoms with E-state index in [2.05, 4.69) is 43.8 Å². The Hall–Kier alpha value is -6.40. The van der Waals surface area contributed by atoms with Gasteiger partial charge in [-0.25, -0.2) is 14.8 Å². The number of aryl methyl sites for hydroxylation is 2. The number of ether oxygens (including phenoxy) is 3. The van der Waals surface area contributed by atoms with Crippen LogP contribution in [0.2, 0.25) is 10.0 Å². The number of aromatic amines is 1. The molecule has 2 heterocycles. The second kappa shape index (κ2) is 22.1. The molecule has 0 saturated heterocycles. The number of nitrogens with zero attached hydrogens (tertiary/aromatic N) is 5. The molecular formula is C55H56Cl2F6N6O6. The number of rotatable bonds is 19. The number of nitrogens with one attached hydrogen (secondary N) is 1. The van der Waals surface area contributed by atoms with Gasteiger partial charge in [-0.3, -0.25) is 14.6 Å². The largest absolute Gasteiger partial charge is 0.493 e. The number of alkyl halides is 6. The van der Waals surface area contributed by atoms with Crippen molar-refractivity contribution in [2.45, 2.75) is 105 Å². The summed E-state index contributed by atoms with van der Waals surface area (Å²) in [4.78, 5) is 61.1. The molecule has 0 amide bonds. The van der Waals surface area contributed by atoms with E-state index in [-0.39, 0.29) is 65.0 Å². The Kier molecular flexibility index (Phi) is 16.6. The Morgan fingerprint density at radius 2 is 1.00 bits per heavy atom. The number of Topliss-reactive ketones (excluding diaryl/α,β-unsaturated/α-hetero) is 2. The number of benzene rings is 4. The lowest BCUT2D eigenvalue weighted by molar-refractivity contribution is -0.211. The lowest BCUT2D eigenvalue weighted by Crippen LogP contribution is -2.39. The quantitative estimate of drug-likeness (QED) is 0.0769.